The summed E-state index contributed by atoms with van der Waals surface area (Å²) in [7, 11) is 0. The normalized spacial score (nSPS) is 28.8. The van der Waals surface area contributed by atoms with Crippen LogP contribution in [0, 0.1) is 23.2 Å². The van der Waals surface area contributed by atoms with Gasteiger partial charge in [0.2, 0.25) is 17.7 Å². The third kappa shape index (κ3) is 4.82. The Kier molecular flexibility index (Phi) is 6.89. The number of piperidine rings is 1. The van der Waals surface area contributed by atoms with E-state index in [1.165, 1.54) is 0 Å². The van der Waals surface area contributed by atoms with Crippen LogP contribution in [0.3, 0.4) is 0 Å². The SMILES string of the molecule is N#C[C@@H]1CCCN1C(=O)CN[C@H]1CC[C@H](C(=O)N2CCC(C(N)=O)CC2)CC1. The third-order valence-electron chi connectivity index (χ3n) is 6.55. The molecule has 154 valence electrons. The van der Waals surface area contributed by atoms with E-state index in [1.807, 2.05) is 4.90 Å². The van der Waals surface area contributed by atoms with Gasteiger partial charge >= 0.3 is 0 Å². The van der Waals surface area contributed by atoms with Gasteiger partial charge in [0.25, 0.3) is 0 Å². The van der Waals surface area contributed by atoms with Crippen LogP contribution < -0.4 is 11.1 Å². The lowest BCUT2D eigenvalue weighted by Gasteiger charge is -2.36. The maximum Gasteiger partial charge on any atom is 0.237 e. The average Bonchev–Trinajstić information content (AvgIpc) is 3.21. The molecule has 3 rings (SSSR count). The fourth-order valence-electron chi connectivity index (χ4n) is 4.72. The van der Waals surface area contributed by atoms with Crippen LogP contribution >= 0.6 is 0 Å². The molecule has 1 saturated carbocycles. The van der Waals surface area contributed by atoms with Gasteiger partial charge in [-0.1, -0.05) is 0 Å². The molecule has 8 heteroatoms. The molecule has 0 unspecified atom stereocenters. The predicted molar refractivity (Wildman–Crippen MR) is 103 cm³/mol. The van der Waals surface area contributed by atoms with Gasteiger partial charge in [-0.2, -0.15) is 5.26 Å². The van der Waals surface area contributed by atoms with Crippen molar-refractivity contribution in [3.8, 4) is 6.07 Å². The van der Waals surface area contributed by atoms with Crippen molar-refractivity contribution < 1.29 is 14.4 Å². The van der Waals surface area contributed by atoms with Crippen molar-refractivity contribution in [1.82, 2.24) is 15.1 Å². The minimum atomic E-state index is -0.277. The highest BCUT2D eigenvalue weighted by molar-refractivity contribution is 5.80. The van der Waals surface area contributed by atoms with Crippen LogP contribution in [0.4, 0.5) is 0 Å². The average molecular weight is 390 g/mol. The summed E-state index contributed by atoms with van der Waals surface area (Å²) in [6, 6.07) is 2.17. The third-order valence-corrected chi connectivity index (χ3v) is 6.55. The minimum absolute atomic E-state index is 0.000397. The molecule has 2 heterocycles. The summed E-state index contributed by atoms with van der Waals surface area (Å²) in [6.45, 7) is 2.18. The number of carbonyl (C=O) groups excluding carboxylic acids is 3. The summed E-state index contributed by atoms with van der Waals surface area (Å²) in [5.74, 6) is -0.118. The smallest absolute Gasteiger partial charge is 0.237 e. The maximum atomic E-state index is 12.7. The summed E-state index contributed by atoms with van der Waals surface area (Å²) in [6.07, 6.45) is 6.41. The Bertz CT molecular complexity index is 630. The molecule has 3 aliphatic rings. The Hall–Kier alpha value is -2.14. The lowest BCUT2D eigenvalue weighted by molar-refractivity contribution is -0.139. The number of amides is 3. The van der Waals surface area contributed by atoms with E-state index in [9.17, 15) is 14.4 Å². The molecule has 1 atom stereocenters. The van der Waals surface area contributed by atoms with Crippen LogP contribution in [-0.4, -0.2) is 65.8 Å². The van der Waals surface area contributed by atoms with Crippen molar-refractivity contribution in [3.05, 3.63) is 0 Å². The lowest BCUT2D eigenvalue weighted by Crippen LogP contribution is -2.47. The van der Waals surface area contributed by atoms with Crippen LogP contribution in [0.5, 0.6) is 0 Å². The van der Waals surface area contributed by atoms with Gasteiger partial charge in [0.15, 0.2) is 0 Å². The van der Waals surface area contributed by atoms with E-state index in [-0.39, 0.29) is 48.2 Å². The monoisotopic (exact) mass is 389 g/mol. The highest BCUT2D eigenvalue weighted by atomic mass is 16.2. The van der Waals surface area contributed by atoms with Crippen molar-refractivity contribution in [2.75, 3.05) is 26.2 Å². The molecule has 8 nitrogen and oxygen atoms in total. The summed E-state index contributed by atoms with van der Waals surface area (Å²) in [4.78, 5) is 39.9. The first kappa shape index (κ1) is 20.6. The van der Waals surface area contributed by atoms with Crippen LogP contribution in [0.2, 0.25) is 0 Å². The van der Waals surface area contributed by atoms with Gasteiger partial charge in [-0.25, -0.2) is 0 Å². The maximum absolute atomic E-state index is 12.7. The van der Waals surface area contributed by atoms with Gasteiger partial charge in [0.05, 0.1) is 12.6 Å². The molecule has 0 bridgehead atoms. The number of nitriles is 1. The molecule has 0 spiro atoms. The number of hydrogen-bond donors (Lipinski definition) is 2. The lowest BCUT2D eigenvalue weighted by atomic mass is 9.84. The number of rotatable bonds is 5. The first-order valence-electron chi connectivity index (χ1n) is 10.5. The molecular formula is C20H31N5O3. The first-order valence-corrected chi connectivity index (χ1v) is 10.5. The van der Waals surface area contributed by atoms with Crippen molar-refractivity contribution in [3.63, 3.8) is 0 Å². The molecule has 28 heavy (non-hydrogen) atoms. The van der Waals surface area contributed by atoms with Crippen LogP contribution in [0.25, 0.3) is 0 Å². The van der Waals surface area contributed by atoms with Crippen molar-refractivity contribution in [2.45, 2.75) is 63.5 Å². The standard InChI is InChI=1S/C20H31N5O3/c21-12-17-2-1-9-25(17)18(26)13-23-16-5-3-15(4-6-16)20(28)24-10-7-14(8-11-24)19(22)27/h14-17,23H,1-11,13H2,(H2,22,27)/t15-,16-,17-/m0/s1. The zero-order chi connectivity index (χ0) is 20.1. The van der Waals surface area contributed by atoms with Crippen LogP contribution in [0.1, 0.15) is 51.4 Å². The summed E-state index contributed by atoms with van der Waals surface area (Å²) >= 11 is 0. The largest absolute Gasteiger partial charge is 0.369 e. The van der Waals surface area contributed by atoms with Gasteiger partial charge < -0.3 is 20.9 Å². The fraction of sp³-hybridized carbons (Fsp3) is 0.800. The van der Waals surface area contributed by atoms with E-state index in [0.29, 0.717) is 32.5 Å². The van der Waals surface area contributed by atoms with E-state index < -0.39 is 0 Å². The summed E-state index contributed by atoms with van der Waals surface area (Å²) in [5, 5.41) is 12.4. The molecular weight excluding hydrogens is 358 g/mol. The molecule has 3 N–H and O–H groups in total. The number of nitrogens with zero attached hydrogens (tertiary/aromatic N) is 3. The Labute approximate surface area is 166 Å². The van der Waals surface area contributed by atoms with Gasteiger partial charge in [-0.15, -0.1) is 0 Å². The molecule has 0 aromatic rings. The molecule has 1 aliphatic carbocycles. The second-order valence-electron chi connectivity index (χ2n) is 8.31. The van der Waals surface area contributed by atoms with E-state index in [1.54, 1.807) is 4.90 Å². The molecule has 3 fully saturated rings. The van der Waals surface area contributed by atoms with E-state index in [0.717, 1.165) is 38.5 Å². The van der Waals surface area contributed by atoms with Gasteiger partial charge in [-0.05, 0) is 51.4 Å². The molecule has 2 saturated heterocycles. The number of nitrogens with one attached hydrogen (secondary N) is 1. The van der Waals surface area contributed by atoms with E-state index in [4.69, 9.17) is 11.0 Å². The highest BCUT2D eigenvalue weighted by Gasteiger charge is 2.33. The molecule has 0 radical (unpaired) electrons. The number of nitrogens with two attached hydrogens (primary N) is 1. The quantitative estimate of drug-likeness (QED) is 0.704. The zero-order valence-corrected chi connectivity index (χ0v) is 16.4. The molecule has 3 amide bonds. The van der Waals surface area contributed by atoms with Gasteiger partial charge in [-0.3, -0.25) is 14.4 Å². The van der Waals surface area contributed by atoms with Crippen molar-refractivity contribution in [1.29, 1.82) is 5.26 Å². The fourth-order valence-corrected chi connectivity index (χ4v) is 4.72. The number of likely N-dealkylation sites (tertiary alicyclic amines) is 2. The van der Waals surface area contributed by atoms with Crippen molar-refractivity contribution >= 4 is 17.7 Å². The van der Waals surface area contributed by atoms with Gasteiger partial charge in [0.1, 0.15) is 6.04 Å². The van der Waals surface area contributed by atoms with Crippen LogP contribution in [-0.2, 0) is 14.4 Å². The van der Waals surface area contributed by atoms with Gasteiger partial charge in [0, 0.05) is 37.5 Å². The molecule has 2 aliphatic heterocycles. The summed E-state index contributed by atoms with van der Waals surface area (Å²) in [5.41, 5.74) is 5.36. The van der Waals surface area contributed by atoms with E-state index >= 15 is 0 Å². The predicted octanol–water partition coefficient (Wildman–Crippen LogP) is 0.373. The second-order valence-corrected chi connectivity index (χ2v) is 8.31. The number of carbonyl (C=O) groups is 3. The molecule has 0 aromatic carbocycles. The Morgan fingerprint density at radius 3 is 2.25 bits per heavy atom. The van der Waals surface area contributed by atoms with Crippen LogP contribution in [0.15, 0.2) is 0 Å². The Morgan fingerprint density at radius 1 is 0.964 bits per heavy atom. The van der Waals surface area contributed by atoms with E-state index in [2.05, 4.69) is 11.4 Å². The minimum Gasteiger partial charge on any atom is -0.369 e. The van der Waals surface area contributed by atoms with Crippen molar-refractivity contribution in [2.24, 2.45) is 17.6 Å². The summed E-state index contributed by atoms with van der Waals surface area (Å²) < 4.78 is 0. The number of hydrogen-bond acceptors (Lipinski definition) is 5. The Morgan fingerprint density at radius 2 is 1.64 bits per heavy atom. The molecule has 0 aromatic heterocycles. The topological polar surface area (TPSA) is 120 Å². The number of primary amides is 1. The second kappa shape index (κ2) is 9.37. The zero-order valence-electron chi connectivity index (χ0n) is 16.4. The first-order chi connectivity index (χ1) is 13.5. The Balaban J connectivity index is 1.37. The highest BCUT2D eigenvalue weighted by Crippen LogP contribution is 2.28.